The first-order valence-corrected chi connectivity index (χ1v) is 10.4. The van der Waals surface area contributed by atoms with Crippen LogP contribution in [0.15, 0.2) is 91.1 Å². The molecule has 4 aromatic rings. The maximum absolute atomic E-state index is 13.3. The first kappa shape index (κ1) is 19.0. The van der Waals surface area contributed by atoms with Gasteiger partial charge >= 0.3 is 11.7 Å². The summed E-state index contributed by atoms with van der Waals surface area (Å²) >= 11 is 0. The number of nitrogens with one attached hydrogen (secondary N) is 1. The molecule has 5 rings (SSSR count). The molecule has 2 heterocycles. The van der Waals surface area contributed by atoms with Crippen molar-refractivity contribution in [2.75, 3.05) is 11.1 Å². The second-order valence-corrected chi connectivity index (χ2v) is 7.80. The molecule has 0 saturated heterocycles. The number of hydrogen-bond donors (Lipinski definition) is 2. The van der Waals surface area contributed by atoms with Crippen molar-refractivity contribution in [1.82, 2.24) is 4.98 Å². The molecule has 0 amide bonds. The second kappa shape index (κ2) is 8.03. The summed E-state index contributed by atoms with van der Waals surface area (Å²) in [5.41, 5.74) is 11.4. The van der Waals surface area contributed by atoms with Gasteiger partial charge < -0.3 is 5.73 Å². The van der Waals surface area contributed by atoms with Gasteiger partial charge in [0.15, 0.2) is 6.04 Å². The molecule has 1 atom stereocenters. The van der Waals surface area contributed by atoms with Crippen LogP contribution in [0.1, 0.15) is 21.6 Å². The zero-order valence-corrected chi connectivity index (χ0v) is 17.0. The lowest BCUT2D eigenvalue weighted by atomic mass is 10.1. The molecule has 0 radical (unpaired) electrons. The zero-order chi connectivity index (χ0) is 21.2. The Morgan fingerprint density at radius 3 is 2.35 bits per heavy atom. The maximum Gasteiger partial charge on any atom is 0.359 e. The highest BCUT2D eigenvalue weighted by Crippen LogP contribution is 2.25. The molecular weight excluding hydrogens is 384 g/mol. The van der Waals surface area contributed by atoms with E-state index >= 15 is 0 Å². The first-order valence-electron chi connectivity index (χ1n) is 10.4. The van der Waals surface area contributed by atoms with Crippen molar-refractivity contribution in [2.24, 2.45) is 0 Å². The molecule has 0 bridgehead atoms. The number of nitrogens with two attached hydrogens (primary N) is 1. The summed E-state index contributed by atoms with van der Waals surface area (Å²) in [7, 11) is 0. The van der Waals surface area contributed by atoms with E-state index in [1.807, 2.05) is 79.0 Å². The van der Waals surface area contributed by atoms with Crippen molar-refractivity contribution in [1.29, 1.82) is 0 Å². The van der Waals surface area contributed by atoms with Gasteiger partial charge in [0.25, 0.3) is 0 Å². The molecule has 1 aliphatic heterocycles. The molecule has 0 spiro atoms. The molecule has 3 aromatic carbocycles. The van der Waals surface area contributed by atoms with Gasteiger partial charge in [0.2, 0.25) is 0 Å². The quantitative estimate of drug-likeness (QED) is 0.389. The van der Waals surface area contributed by atoms with Crippen LogP contribution in [0.25, 0.3) is 11.3 Å². The summed E-state index contributed by atoms with van der Waals surface area (Å²) in [6.45, 7) is 0. The van der Waals surface area contributed by atoms with Crippen molar-refractivity contribution in [3.05, 3.63) is 108 Å². The van der Waals surface area contributed by atoms with Crippen molar-refractivity contribution < 1.29 is 9.36 Å². The van der Waals surface area contributed by atoms with Crippen LogP contribution >= 0.6 is 0 Å². The second-order valence-electron chi connectivity index (χ2n) is 7.80. The number of rotatable bonds is 5. The largest absolute Gasteiger partial charge is 0.399 e. The standard InChI is InChI=1S/C26H22N4O/c27-21-13-7-10-19(14-21)16-23-26(31)30-17-24(20-11-5-2-6-12-20)28-22(25(30)29-23)15-18-8-3-1-4-9-18/h1-14,17,23H,15-16,27H2/p+1. The number of hydrogen-bond acceptors (Lipinski definition) is 4. The fourth-order valence-corrected chi connectivity index (χ4v) is 4.03. The number of anilines is 2. The molecule has 0 fully saturated rings. The van der Waals surface area contributed by atoms with Crippen LogP contribution in [0, 0.1) is 0 Å². The van der Waals surface area contributed by atoms with E-state index in [4.69, 9.17) is 10.7 Å². The lowest BCUT2D eigenvalue weighted by Crippen LogP contribution is -2.44. The molecule has 152 valence electrons. The summed E-state index contributed by atoms with van der Waals surface area (Å²) in [5, 5.41) is 3.43. The van der Waals surface area contributed by atoms with Crippen LogP contribution in [0.2, 0.25) is 0 Å². The van der Waals surface area contributed by atoms with Gasteiger partial charge in [-0.3, -0.25) is 5.32 Å². The fraction of sp³-hybridized carbons (Fsp3) is 0.115. The zero-order valence-electron chi connectivity index (χ0n) is 17.0. The van der Waals surface area contributed by atoms with Gasteiger partial charge in [-0.05, 0) is 23.3 Å². The van der Waals surface area contributed by atoms with Gasteiger partial charge in [-0.25, -0.2) is 9.78 Å². The number of fused-ring (bicyclic) bond motifs is 1. The fourth-order valence-electron chi connectivity index (χ4n) is 4.03. The Hall–Kier alpha value is -3.99. The highest BCUT2D eigenvalue weighted by Gasteiger charge is 2.41. The summed E-state index contributed by atoms with van der Waals surface area (Å²) in [4.78, 5) is 18.3. The van der Waals surface area contributed by atoms with E-state index in [2.05, 4.69) is 17.4 Å². The van der Waals surface area contributed by atoms with E-state index in [0.29, 0.717) is 18.5 Å². The molecule has 1 aliphatic rings. The van der Waals surface area contributed by atoms with E-state index in [1.165, 1.54) is 0 Å². The van der Waals surface area contributed by atoms with E-state index in [9.17, 15) is 4.79 Å². The van der Waals surface area contributed by atoms with Gasteiger partial charge in [0.05, 0.1) is 0 Å². The average molecular weight is 407 g/mol. The predicted molar refractivity (Wildman–Crippen MR) is 122 cm³/mol. The minimum atomic E-state index is -0.357. The first-order chi connectivity index (χ1) is 15.2. The van der Waals surface area contributed by atoms with Crippen molar-refractivity contribution in [3.8, 4) is 11.3 Å². The molecule has 3 N–H and O–H groups in total. The number of carbonyl (C=O) groups is 1. The number of carbonyl (C=O) groups excluding carboxylic acids is 1. The van der Waals surface area contributed by atoms with E-state index < -0.39 is 0 Å². The normalized spacial score (nSPS) is 14.8. The molecule has 31 heavy (non-hydrogen) atoms. The van der Waals surface area contributed by atoms with Gasteiger partial charge in [0.1, 0.15) is 17.6 Å². The smallest absolute Gasteiger partial charge is 0.359 e. The minimum Gasteiger partial charge on any atom is -0.399 e. The monoisotopic (exact) mass is 407 g/mol. The number of nitrogen functional groups attached to an aromatic ring is 1. The summed E-state index contributed by atoms with van der Waals surface area (Å²) in [6.07, 6.45) is 3.05. The highest BCUT2D eigenvalue weighted by molar-refractivity contribution is 5.82. The lowest BCUT2D eigenvalue weighted by Gasteiger charge is -2.07. The van der Waals surface area contributed by atoms with Crippen molar-refractivity contribution in [3.63, 3.8) is 0 Å². The molecule has 0 aliphatic carbocycles. The van der Waals surface area contributed by atoms with Crippen LogP contribution in [0.5, 0.6) is 0 Å². The Kier molecular flexibility index (Phi) is 4.92. The third-order valence-electron chi connectivity index (χ3n) is 5.54. The lowest BCUT2D eigenvalue weighted by molar-refractivity contribution is -0.552. The molecule has 5 nitrogen and oxygen atoms in total. The number of nitrogens with zero attached hydrogens (tertiary/aromatic N) is 2. The van der Waals surface area contributed by atoms with Crippen molar-refractivity contribution in [2.45, 2.75) is 18.9 Å². The minimum absolute atomic E-state index is 0.0197. The van der Waals surface area contributed by atoms with Gasteiger partial charge in [-0.2, -0.15) is 4.57 Å². The Morgan fingerprint density at radius 1 is 0.903 bits per heavy atom. The Bertz CT molecular complexity index is 1240. The van der Waals surface area contributed by atoms with Gasteiger partial charge in [-0.1, -0.05) is 72.8 Å². The van der Waals surface area contributed by atoms with Crippen LogP contribution in [-0.2, 0) is 12.8 Å². The average Bonchev–Trinajstić information content (AvgIpc) is 3.11. The third-order valence-corrected chi connectivity index (χ3v) is 5.54. The van der Waals surface area contributed by atoms with Crippen LogP contribution in [-0.4, -0.2) is 16.9 Å². The summed E-state index contributed by atoms with van der Waals surface area (Å²) in [5.74, 6) is 0.786. The van der Waals surface area contributed by atoms with E-state index in [1.54, 1.807) is 4.57 Å². The summed E-state index contributed by atoms with van der Waals surface area (Å²) in [6, 6.07) is 27.5. The van der Waals surface area contributed by atoms with Crippen molar-refractivity contribution >= 4 is 17.4 Å². The van der Waals surface area contributed by atoms with Gasteiger partial charge in [0, 0.05) is 24.1 Å². The topological polar surface area (TPSA) is 71.9 Å². The molecular formula is C26H23N4O+. The molecule has 1 aromatic heterocycles. The Balaban J connectivity index is 1.54. The molecule has 1 unspecified atom stereocenters. The third kappa shape index (κ3) is 3.90. The van der Waals surface area contributed by atoms with Crippen LogP contribution < -0.4 is 15.6 Å². The Labute approximate surface area is 181 Å². The van der Waals surface area contributed by atoms with Crippen LogP contribution in [0.4, 0.5) is 11.5 Å². The van der Waals surface area contributed by atoms with Crippen LogP contribution in [0.3, 0.4) is 0 Å². The highest BCUT2D eigenvalue weighted by atomic mass is 16.2. The number of benzene rings is 3. The van der Waals surface area contributed by atoms with Gasteiger partial charge in [-0.15, -0.1) is 0 Å². The SMILES string of the molecule is Nc1cccc(CC2Nc3c(Cc4ccccc4)nc(-c4ccccc4)c[n+]3C2=O)c1. The maximum atomic E-state index is 13.3. The summed E-state index contributed by atoms with van der Waals surface area (Å²) < 4.78 is 1.73. The molecule has 0 saturated carbocycles. The predicted octanol–water partition coefficient (Wildman–Crippen LogP) is 3.89. The van der Waals surface area contributed by atoms with E-state index in [0.717, 1.165) is 33.9 Å². The molecule has 5 heteroatoms. The number of aromatic nitrogens is 2. The van der Waals surface area contributed by atoms with E-state index in [-0.39, 0.29) is 11.9 Å². The Morgan fingerprint density at radius 2 is 1.61 bits per heavy atom.